The van der Waals surface area contributed by atoms with Gasteiger partial charge in [0, 0.05) is 32.2 Å². The molecule has 1 fully saturated rings. The number of aromatic amines is 1. The van der Waals surface area contributed by atoms with Gasteiger partial charge >= 0.3 is 6.09 Å². The van der Waals surface area contributed by atoms with Crippen molar-refractivity contribution in [2.45, 2.75) is 26.4 Å². The summed E-state index contributed by atoms with van der Waals surface area (Å²) in [5.74, 6) is -0.0572. The molecular formula is C17H21FN4O3. The van der Waals surface area contributed by atoms with Crippen molar-refractivity contribution < 1.29 is 13.9 Å². The Morgan fingerprint density at radius 1 is 1.24 bits per heavy atom. The van der Waals surface area contributed by atoms with Crippen molar-refractivity contribution in [3.05, 3.63) is 34.4 Å². The molecular weight excluding hydrogens is 327 g/mol. The van der Waals surface area contributed by atoms with E-state index in [0.29, 0.717) is 43.0 Å². The van der Waals surface area contributed by atoms with Gasteiger partial charge in [0.05, 0.1) is 10.9 Å². The third-order valence-corrected chi connectivity index (χ3v) is 3.89. The Morgan fingerprint density at radius 2 is 1.92 bits per heavy atom. The molecule has 2 heterocycles. The van der Waals surface area contributed by atoms with Crippen LogP contribution in [0.15, 0.2) is 23.0 Å². The maximum absolute atomic E-state index is 13.4. The Hall–Kier alpha value is -2.64. The maximum Gasteiger partial charge on any atom is 0.410 e. The van der Waals surface area contributed by atoms with Crippen molar-refractivity contribution >= 4 is 22.9 Å². The maximum atomic E-state index is 13.4. The summed E-state index contributed by atoms with van der Waals surface area (Å²) in [7, 11) is 0. The summed E-state index contributed by atoms with van der Waals surface area (Å²) in [4.78, 5) is 34.8. The van der Waals surface area contributed by atoms with Gasteiger partial charge in [0.25, 0.3) is 5.56 Å². The van der Waals surface area contributed by atoms with Crippen LogP contribution in [0.2, 0.25) is 0 Å². The number of nitrogens with one attached hydrogen (secondary N) is 1. The molecule has 0 saturated carbocycles. The van der Waals surface area contributed by atoms with Gasteiger partial charge in [-0.3, -0.25) is 9.78 Å². The highest BCUT2D eigenvalue weighted by Crippen LogP contribution is 2.16. The topological polar surface area (TPSA) is 78.5 Å². The quantitative estimate of drug-likeness (QED) is 0.854. The van der Waals surface area contributed by atoms with Gasteiger partial charge in [-0.05, 0) is 32.9 Å². The minimum Gasteiger partial charge on any atom is -0.444 e. The van der Waals surface area contributed by atoms with E-state index in [9.17, 15) is 14.0 Å². The summed E-state index contributed by atoms with van der Waals surface area (Å²) >= 11 is 0. The average Bonchev–Trinajstić information content (AvgIpc) is 2.53. The Kier molecular flexibility index (Phi) is 4.36. The molecule has 7 nitrogen and oxygen atoms in total. The highest BCUT2D eigenvalue weighted by atomic mass is 19.1. The van der Waals surface area contributed by atoms with E-state index >= 15 is 0 Å². The second kappa shape index (κ2) is 6.34. The minimum atomic E-state index is -0.538. The molecule has 134 valence electrons. The standard InChI is InChI=1S/C17H21FN4O3/c1-17(2,3)25-16(24)22-8-6-21(7-9-22)15-19-13-10-11(18)4-5-12(13)14(23)20-15/h4-5,10H,6-9H2,1-3H3,(H,19,20,23). The number of nitrogens with zero attached hydrogens (tertiary/aromatic N) is 3. The number of hydrogen-bond acceptors (Lipinski definition) is 5. The molecule has 1 aliphatic rings. The monoisotopic (exact) mass is 348 g/mol. The number of carbonyl (C=O) groups is 1. The summed E-state index contributed by atoms with van der Waals surface area (Å²) in [6.07, 6.45) is -0.353. The summed E-state index contributed by atoms with van der Waals surface area (Å²) < 4.78 is 18.8. The molecule has 0 aliphatic carbocycles. The number of amides is 1. The SMILES string of the molecule is CC(C)(C)OC(=O)N1CCN(c2nc3cc(F)ccc3c(=O)[nH]2)CC1. The van der Waals surface area contributed by atoms with E-state index in [2.05, 4.69) is 9.97 Å². The number of aromatic nitrogens is 2. The van der Waals surface area contributed by atoms with Crippen molar-refractivity contribution in [2.75, 3.05) is 31.1 Å². The minimum absolute atomic E-state index is 0.311. The van der Waals surface area contributed by atoms with E-state index < -0.39 is 11.4 Å². The van der Waals surface area contributed by atoms with Gasteiger partial charge < -0.3 is 14.5 Å². The van der Waals surface area contributed by atoms with Gasteiger partial charge in [-0.25, -0.2) is 14.2 Å². The lowest BCUT2D eigenvalue weighted by molar-refractivity contribution is 0.0240. The van der Waals surface area contributed by atoms with E-state index in [1.807, 2.05) is 25.7 Å². The Bertz CT molecular complexity index is 851. The summed E-state index contributed by atoms with van der Waals surface area (Å²) in [5.41, 5.74) is -0.536. The predicted molar refractivity (Wildman–Crippen MR) is 92.3 cm³/mol. The zero-order chi connectivity index (χ0) is 18.2. The number of benzene rings is 1. The van der Waals surface area contributed by atoms with E-state index in [1.165, 1.54) is 18.2 Å². The zero-order valence-corrected chi connectivity index (χ0v) is 14.5. The van der Waals surface area contributed by atoms with Crippen molar-refractivity contribution in [1.29, 1.82) is 0 Å². The van der Waals surface area contributed by atoms with Crippen LogP contribution in [-0.2, 0) is 4.74 Å². The van der Waals surface area contributed by atoms with Crippen LogP contribution >= 0.6 is 0 Å². The highest BCUT2D eigenvalue weighted by Gasteiger charge is 2.26. The number of rotatable bonds is 1. The van der Waals surface area contributed by atoms with E-state index in [-0.39, 0.29) is 11.7 Å². The lowest BCUT2D eigenvalue weighted by Crippen LogP contribution is -2.50. The van der Waals surface area contributed by atoms with Gasteiger partial charge in [-0.2, -0.15) is 0 Å². The normalized spacial score (nSPS) is 15.5. The number of fused-ring (bicyclic) bond motifs is 1. The van der Waals surface area contributed by atoms with Crippen LogP contribution in [0.1, 0.15) is 20.8 Å². The fourth-order valence-corrected chi connectivity index (χ4v) is 2.68. The van der Waals surface area contributed by atoms with Crippen LogP contribution < -0.4 is 10.5 Å². The molecule has 1 saturated heterocycles. The zero-order valence-electron chi connectivity index (χ0n) is 14.5. The van der Waals surface area contributed by atoms with Gasteiger partial charge in [0.1, 0.15) is 11.4 Å². The lowest BCUT2D eigenvalue weighted by atomic mass is 10.2. The Morgan fingerprint density at radius 3 is 2.56 bits per heavy atom. The molecule has 0 spiro atoms. The molecule has 2 aromatic rings. The smallest absolute Gasteiger partial charge is 0.410 e. The number of piperazine rings is 1. The van der Waals surface area contributed by atoms with Crippen LogP contribution in [0.25, 0.3) is 10.9 Å². The molecule has 3 rings (SSSR count). The third-order valence-electron chi connectivity index (χ3n) is 3.89. The summed E-state index contributed by atoms with van der Waals surface area (Å²) in [5, 5.41) is 0.345. The molecule has 0 bridgehead atoms. The Balaban J connectivity index is 1.74. The summed E-state index contributed by atoms with van der Waals surface area (Å²) in [6, 6.07) is 3.89. The molecule has 0 unspecified atom stereocenters. The van der Waals surface area contributed by atoms with Crippen LogP contribution in [0.5, 0.6) is 0 Å². The second-order valence-corrected chi connectivity index (χ2v) is 7.01. The van der Waals surface area contributed by atoms with Crippen molar-refractivity contribution in [3.63, 3.8) is 0 Å². The molecule has 8 heteroatoms. The van der Waals surface area contributed by atoms with Crippen LogP contribution in [-0.4, -0.2) is 52.7 Å². The van der Waals surface area contributed by atoms with Gasteiger partial charge in [0.15, 0.2) is 0 Å². The van der Waals surface area contributed by atoms with Crippen molar-refractivity contribution in [2.24, 2.45) is 0 Å². The van der Waals surface area contributed by atoms with Crippen molar-refractivity contribution in [3.8, 4) is 0 Å². The first kappa shape index (κ1) is 17.2. The van der Waals surface area contributed by atoms with Gasteiger partial charge in [-0.1, -0.05) is 0 Å². The number of hydrogen-bond donors (Lipinski definition) is 1. The number of carbonyl (C=O) groups excluding carboxylic acids is 1. The molecule has 1 aliphatic heterocycles. The largest absolute Gasteiger partial charge is 0.444 e. The first-order valence-electron chi connectivity index (χ1n) is 8.15. The number of H-pyrrole nitrogens is 1. The average molecular weight is 348 g/mol. The fraction of sp³-hybridized carbons (Fsp3) is 0.471. The van der Waals surface area contributed by atoms with E-state index in [4.69, 9.17) is 4.74 Å². The highest BCUT2D eigenvalue weighted by molar-refractivity contribution is 5.78. The summed E-state index contributed by atoms with van der Waals surface area (Å²) in [6.45, 7) is 7.39. The molecule has 0 atom stereocenters. The van der Waals surface area contributed by atoms with Crippen molar-refractivity contribution in [1.82, 2.24) is 14.9 Å². The van der Waals surface area contributed by atoms with Crippen LogP contribution in [0, 0.1) is 5.82 Å². The predicted octanol–water partition coefficient (Wildman–Crippen LogP) is 2.12. The number of anilines is 1. The molecule has 25 heavy (non-hydrogen) atoms. The molecule has 1 aromatic carbocycles. The molecule has 1 aromatic heterocycles. The first-order valence-corrected chi connectivity index (χ1v) is 8.15. The van der Waals surface area contributed by atoms with Gasteiger partial charge in [0.2, 0.25) is 5.95 Å². The van der Waals surface area contributed by atoms with E-state index in [1.54, 1.807) is 4.90 Å². The first-order chi connectivity index (χ1) is 11.7. The van der Waals surface area contributed by atoms with Gasteiger partial charge in [-0.15, -0.1) is 0 Å². The fourth-order valence-electron chi connectivity index (χ4n) is 2.68. The van der Waals surface area contributed by atoms with E-state index in [0.717, 1.165) is 0 Å². The lowest BCUT2D eigenvalue weighted by Gasteiger charge is -2.35. The van der Waals surface area contributed by atoms with Crippen LogP contribution in [0.3, 0.4) is 0 Å². The molecule has 1 N–H and O–H groups in total. The third kappa shape index (κ3) is 3.89. The second-order valence-electron chi connectivity index (χ2n) is 7.01. The number of ether oxygens (including phenoxy) is 1. The molecule has 1 amide bonds. The number of halogens is 1. The van der Waals surface area contributed by atoms with Crippen LogP contribution in [0.4, 0.5) is 15.1 Å². The molecule has 0 radical (unpaired) electrons. The Labute approximate surface area is 144 Å².